The van der Waals surface area contributed by atoms with Crippen LogP contribution in [0.15, 0.2) is 36.4 Å². The van der Waals surface area contributed by atoms with Gasteiger partial charge in [-0.25, -0.2) is 14.8 Å². The number of aryl methyl sites for hydroxylation is 3. The second-order valence-electron chi connectivity index (χ2n) is 7.69. The fraction of sp³-hybridized carbons (Fsp3) is 0.273. The third kappa shape index (κ3) is 6.43. The molecule has 13 heteroatoms. The average Bonchev–Trinajstić information content (AvgIpc) is 3.16. The van der Waals surface area contributed by atoms with E-state index in [0.717, 1.165) is 17.5 Å². The van der Waals surface area contributed by atoms with E-state index in [1.165, 1.54) is 29.8 Å². The number of hydrogen-bond donors (Lipinski definition) is 2. The predicted molar refractivity (Wildman–Crippen MR) is 123 cm³/mol. The quantitative estimate of drug-likeness (QED) is 0.276. The second kappa shape index (κ2) is 10.5. The summed E-state index contributed by atoms with van der Waals surface area (Å²) in [4.78, 5) is 55.8. The van der Waals surface area contributed by atoms with Crippen LogP contribution in [0.2, 0.25) is 0 Å². The summed E-state index contributed by atoms with van der Waals surface area (Å²) >= 11 is 0. The van der Waals surface area contributed by atoms with Gasteiger partial charge in [-0.2, -0.15) is 9.78 Å². The molecule has 0 saturated carbocycles. The van der Waals surface area contributed by atoms with Crippen LogP contribution in [-0.2, 0) is 14.3 Å². The Bertz CT molecular complexity index is 1280. The molecule has 2 heterocycles. The van der Waals surface area contributed by atoms with Crippen molar-refractivity contribution < 1.29 is 24.0 Å². The molecule has 3 aromatic rings. The maximum absolute atomic E-state index is 12.4. The molecule has 3 rings (SSSR count). The van der Waals surface area contributed by atoms with Crippen molar-refractivity contribution in [3.05, 3.63) is 69.2 Å². The first-order chi connectivity index (χ1) is 16.5. The van der Waals surface area contributed by atoms with E-state index in [9.17, 15) is 24.5 Å². The standard InChI is InChI=1S/C22H23N7O6/c1-12-8-13(2)24-22(23-12)28-18(9-14(3)27-28)26-19(30)11-35-21(32)15(4)25-20(31)16-6-5-7-17(10-16)29(33)34/h5-10,15H,11H2,1-4H3,(H,25,31)(H,26,30)/t15-/m0/s1. The Morgan fingerprint density at radius 3 is 2.43 bits per heavy atom. The third-order valence-corrected chi connectivity index (χ3v) is 4.62. The number of amides is 2. The summed E-state index contributed by atoms with van der Waals surface area (Å²) < 4.78 is 6.36. The number of hydrogen-bond acceptors (Lipinski definition) is 9. The molecule has 1 atom stereocenters. The van der Waals surface area contributed by atoms with Crippen LogP contribution in [0, 0.1) is 30.9 Å². The molecule has 2 aromatic heterocycles. The smallest absolute Gasteiger partial charge is 0.328 e. The van der Waals surface area contributed by atoms with Crippen molar-refractivity contribution in [1.29, 1.82) is 0 Å². The van der Waals surface area contributed by atoms with Gasteiger partial charge in [-0.15, -0.1) is 0 Å². The molecular weight excluding hydrogens is 458 g/mol. The van der Waals surface area contributed by atoms with Gasteiger partial charge in [0.05, 0.1) is 10.6 Å². The van der Waals surface area contributed by atoms with Crippen LogP contribution in [0.25, 0.3) is 5.95 Å². The van der Waals surface area contributed by atoms with Gasteiger partial charge in [0.1, 0.15) is 11.9 Å². The predicted octanol–water partition coefficient (Wildman–Crippen LogP) is 1.80. The van der Waals surface area contributed by atoms with E-state index in [0.29, 0.717) is 11.5 Å². The summed E-state index contributed by atoms with van der Waals surface area (Å²) in [6, 6.07) is 7.37. The number of nitro groups is 1. The molecule has 0 radical (unpaired) electrons. The molecule has 182 valence electrons. The molecule has 0 aliphatic heterocycles. The fourth-order valence-corrected chi connectivity index (χ4v) is 3.08. The summed E-state index contributed by atoms with van der Waals surface area (Å²) in [5.74, 6) is -1.63. The monoisotopic (exact) mass is 481 g/mol. The molecule has 13 nitrogen and oxygen atoms in total. The van der Waals surface area contributed by atoms with Crippen molar-refractivity contribution in [2.45, 2.75) is 33.7 Å². The lowest BCUT2D eigenvalue weighted by Gasteiger charge is -2.13. The van der Waals surface area contributed by atoms with E-state index < -0.39 is 35.4 Å². The molecule has 0 bridgehead atoms. The molecule has 1 aromatic carbocycles. The van der Waals surface area contributed by atoms with Crippen molar-refractivity contribution >= 4 is 29.3 Å². The van der Waals surface area contributed by atoms with Crippen molar-refractivity contribution in [2.75, 3.05) is 11.9 Å². The Hall–Kier alpha value is -4.68. The van der Waals surface area contributed by atoms with Crippen LogP contribution < -0.4 is 10.6 Å². The first-order valence-electron chi connectivity index (χ1n) is 10.4. The van der Waals surface area contributed by atoms with Gasteiger partial charge in [0, 0.05) is 35.2 Å². The van der Waals surface area contributed by atoms with Crippen molar-refractivity contribution in [2.24, 2.45) is 0 Å². The lowest BCUT2D eigenvalue weighted by molar-refractivity contribution is -0.384. The number of nitrogens with one attached hydrogen (secondary N) is 2. The van der Waals surface area contributed by atoms with Gasteiger partial charge in [0.15, 0.2) is 6.61 Å². The molecule has 0 fully saturated rings. The molecule has 0 aliphatic carbocycles. The lowest BCUT2D eigenvalue weighted by atomic mass is 10.2. The number of aromatic nitrogens is 4. The van der Waals surface area contributed by atoms with Gasteiger partial charge >= 0.3 is 5.97 Å². The summed E-state index contributed by atoms with van der Waals surface area (Å²) in [7, 11) is 0. The van der Waals surface area contributed by atoms with Crippen LogP contribution in [0.1, 0.15) is 34.4 Å². The van der Waals surface area contributed by atoms with E-state index in [-0.39, 0.29) is 17.2 Å². The van der Waals surface area contributed by atoms with Crippen LogP contribution >= 0.6 is 0 Å². The zero-order valence-corrected chi connectivity index (χ0v) is 19.4. The van der Waals surface area contributed by atoms with E-state index >= 15 is 0 Å². The van der Waals surface area contributed by atoms with Gasteiger partial charge < -0.3 is 15.4 Å². The number of esters is 1. The minimum atomic E-state index is -1.11. The summed E-state index contributed by atoms with van der Waals surface area (Å²) in [5.41, 5.74) is 1.82. The highest BCUT2D eigenvalue weighted by Gasteiger charge is 2.21. The molecule has 35 heavy (non-hydrogen) atoms. The fourth-order valence-electron chi connectivity index (χ4n) is 3.08. The SMILES string of the molecule is Cc1cc(C)nc(-n2nc(C)cc2NC(=O)COC(=O)[C@H](C)NC(=O)c2cccc([N+](=O)[O-])c2)n1. The van der Waals surface area contributed by atoms with Gasteiger partial charge in [-0.05, 0) is 39.8 Å². The Morgan fingerprint density at radius 2 is 1.77 bits per heavy atom. The van der Waals surface area contributed by atoms with Crippen LogP contribution in [0.5, 0.6) is 0 Å². The second-order valence-corrected chi connectivity index (χ2v) is 7.69. The molecule has 2 N–H and O–H groups in total. The van der Waals surface area contributed by atoms with E-state index in [4.69, 9.17) is 4.74 Å². The maximum Gasteiger partial charge on any atom is 0.328 e. The minimum absolute atomic E-state index is 0.00818. The number of nitrogens with zero attached hydrogens (tertiary/aromatic N) is 5. The van der Waals surface area contributed by atoms with E-state index in [1.807, 2.05) is 13.8 Å². The maximum atomic E-state index is 12.4. The largest absolute Gasteiger partial charge is 0.454 e. The van der Waals surface area contributed by atoms with Crippen molar-refractivity contribution in [3.63, 3.8) is 0 Å². The van der Waals surface area contributed by atoms with Crippen molar-refractivity contribution in [3.8, 4) is 5.95 Å². The number of carbonyl (C=O) groups excluding carboxylic acids is 3. The first kappa shape index (κ1) is 25.0. The highest BCUT2D eigenvalue weighted by atomic mass is 16.6. The zero-order chi connectivity index (χ0) is 25.7. The van der Waals surface area contributed by atoms with Crippen molar-refractivity contribution in [1.82, 2.24) is 25.1 Å². The Labute approximate surface area is 199 Å². The van der Waals surface area contributed by atoms with Crippen LogP contribution in [0.3, 0.4) is 0 Å². The highest BCUT2D eigenvalue weighted by molar-refractivity contribution is 5.97. The minimum Gasteiger partial charge on any atom is -0.454 e. The number of nitro benzene ring substituents is 1. The third-order valence-electron chi connectivity index (χ3n) is 4.62. The lowest BCUT2D eigenvalue weighted by Crippen LogP contribution is -2.40. The topological polar surface area (TPSA) is 171 Å². The van der Waals surface area contributed by atoms with E-state index in [2.05, 4.69) is 25.7 Å². The zero-order valence-electron chi connectivity index (χ0n) is 19.4. The summed E-state index contributed by atoms with van der Waals surface area (Å²) in [5, 5.41) is 20.1. The molecular formula is C22H23N7O6. The number of benzene rings is 1. The number of rotatable bonds is 8. The van der Waals surface area contributed by atoms with Crippen LogP contribution in [-0.4, -0.2) is 55.1 Å². The Kier molecular flexibility index (Phi) is 7.49. The molecule has 0 aliphatic rings. The van der Waals surface area contributed by atoms with Crippen LogP contribution in [0.4, 0.5) is 11.5 Å². The molecule has 0 saturated heterocycles. The number of ether oxygens (including phenoxy) is 1. The Balaban J connectivity index is 1.58. The first-order valence-corrected chi connectivity index (χ1v) is 10.4. The normalized spacial score (nSPS) is 11.4. The van der Waals surface area contributed by atoms with E-state index in [1.54, 1.807) is 19.1 Å². The molecule has 0 spiro atoms. The Morgan fingerprint density at radius 1 is 1.09 bits per heavy atom. The summed E-state index contributed by atoms with van der Waals surface area (Å²) in [6.07, 6.45) is 0. The molecule has 0 unspecified atom stereocenters. The van der Waals surface area contributed by atoms with Gasteiger partial charge in [-0.3, -0.25) is 19.7 Å². The number of anilines is 1. The van der Waals surface area contributed by atoms with Gasteiger partial charge in [-0.1, -0.05) is 6.07 Å². The van der Waals surface area contributed by atoms with Gasteiger partial charge in [0.25, 0.3) is 23.5 Å². The number of non-ortho nitro benzene ring substituents is 1. The number of carbonyl (C=O) groups is 3. The van der Waals surface area contributed by atoms with Gasteiger partial charge in [0.2, 0.25) is 0 Å². The molecule has 2 amide bonds. The summed E-state index contributed by atoms with van der Waals surface area (Å²) in [6.45, 7) is 6.11. The average molecular weight is 481 g/mol. The highest BCUT2D eigenvalue weighted by Crippen LogP contribution is 2.16.